The average Bonchev–Trinajstić information content (AvgIpc) is 3.27. The number of benzene rings is 2. The smallest absolute Gasteiger partial charge is 0.335 e. The normalized spacial score (nSPS) is 17.6. The van der Waals surface area contributed by atoms with Gasteiger partial charge in [0.2, 0.25) is 0 Å². The lowest BCUT2D eigenvalue weighted by Crippen LogP contribution is -2.49. The molecule has 2 heterocycles. The van der Waals surface area contributed by atoms with Gasteiger partial charge in [-0.1, -0.05) is 30.3 Å². The number of ether oxygens (including phenoxy) is 1. The van der Waals surface area contributed by atoms with Crippen molar-refractivity contribution in [2.75, 3.05) is 37.4 Å². The summed E-state index contributed by atoms with van der Waals surface area (Å²) >= 11 is 0. The largest absolute Gasteiger partial charge is 0.486 e. The van der Waals surface area contributed by atoms with Crippen molar-refractivity contribution in [2.24, 2.45) is 5.92 Å². The third-order valence-corrected chi connectivity index (χ3v) is 7.36. The molecule has 0 aliphatic carbocycles. The van der Waals surface area contributed by atoms with Crippen molar-refractivity contribution in [2.45, 2.75) is 46.4 Å². The Bertz CT molecular complexity index is 1420. The summed E-state index contributed by atoms with van der Waals surface area (Å²) in [5.74, 6) is -0.732. The quantitative estimate of drug-likeness (QED) is 0.294. The van der Waals surface area contributed by atoms with E-state index in [1.165, 1.54) is 0 Å². The summed E-state index contributed by atoms with van der Waals surface area (Å²) in [5, 5.41) is 28.5. The number of rotatable bonds is 9. The number of amides is 3. The Morgan fingerprint density at radius 3 is 2.50 bits per heavy atom. The fourth-order valence-electron chi connectivity index (χ4n) is 4.92. The van der Waals surface area contributed by atoms with Gasteiger partial charge in [0, 0.05) is 25.6 Å². The number of aromatic carboxylic acids is 1. The van der Waals surface area contributed by atoms with Crippen LogP contribution in [0.2, 0.25) is 0 Å². The summed E-state index contributed by atoms with van der Waals surface area (Å²) in [7, 11) is 1.93. The Morgan fingerprint density at radius 1 is 1.17 bits per heavy atom. The summed E-state index contributed by atoms with van der Waals surface area (Å²) < 4.78 is 11.7. The van der Waals surface area contributed by atoms with Gasteiger partial charge < -0.3 is 35.0 Å². The first-order chi connectivity index (χ1) is 20.0. The summed E-state index contributed by atoms with van der Waals surface area (Å²) in [6.07, 6.45) is -0.401. The minimum atomic E-state index is -0.980. The van der Waals surface area contributed by atoms with Crippen LogP contribution in [-0.4, -0.2) is 82.0 Å². The molecule has 4 rings (SSSR count). The Kier molecular flexibility index (Phi) is 9.48. The predicted molar refractivity (Wildman–Crippen MR) is 156 cm³/mol. The molecule has 3 aromatic rings. The number of aliphatic hydroxyl groups is 1. The number of aryl methyl sites for hydroxylation is 2. The van der Waals surface area contributed by atoms with E-state index in [1.807, 2.05) is 14.0 Å². The Labute approximate surface area is 244 Å². The molecule has 0 bridgehead atoms. The van der Waals surface area contributed by atoms with Crippen molar-refractivity contribution in [3.63, 3.8) is 0 Å². The molecular formula is C30H37N5O7. The Balaban J connectivity index is 1.62. The number of nitrogens with one attached hydrogen (secondary N) is 2. The standard InChI is InChI=1S/C30H37N5O7/c1-17-13-35(18(2)16-36)28(37)23-7-6-8-24(31-30(40)32-26-19(3)33-42-20(26)4)27(23)41-25(17)15-34(5)14-21-9-11-22(12-10-21)29(38)39/h6-12,17-18,25,36H,13-16H2,1-5H3,(H,38,39)(H2,31,32,40)/t17-,18-,25-/m0/s1. The number of carboxylic acid groups (broad SMARTS) is 1. The number of carbonyl (C=O) groups is 3. The van der Waals surface area contributed by atoms with Crippen molar-refractivity contribution < 1.29 is 33.9 Å². The first kappa shape index (κ1) is 30.5. The van der Waals surface area contributed by atoms with Crippen LogP contribution < -0.4 is 15.4 Å². The molecule has 3 amide bonds. The number of aliphatic hydroxyl groups excluding tert-OH is 1. The molecule has 12 nitrogen and oxygen atoms in total. The van der Waals surface area contributed by atoms with E-state index in [4.69, 9.17) is 9.26 Å². The SMILES string of the molecule is Cc1noc(C)c1NC(=O)Nc1cccc2c1O[C@@H](CN(C)Cc1ccc(C(=O)O)cc1)[C@@H](C)CN([C@@H](C)CO)C2=O. The highest BCUT2D eigenvalue weighted by Gasteiger charge is 2.34. The zero-order valence-corrected chi connectivity index (χ0v) is 24.4. The van der Waals surface area contributed by atoms with E-state index in [0.29, 0.717) is 42.5 Å². The second-order valence-corrected chi connectivity index (χ2v) is 10.8. The molecule has 1 aliphatic heterocycles. The second-order valence-electron chi connectivity index (χ2n) is 10.8. The number of urea groups is 1. The van der Waals surface area contributed by atoms with Crippen LogP contribution in [-0.2, 0) is 6.54 Å². The lowest BCUT2D eigenvalue weighted by Gasteiger charge is -2.38. The maximum atomic E-state index is 13.7. The van der Waals surface area contributed by atoms with E-state index in [9.17, 15) is 24.6 Å². The summed E-state index contributed by atoms with van der Waals surface area (Å²) in [4.78, 5) is 41.6. The maximum Gasteiger partial charge on any atom is 0.335 e. The first-order valence-corrected chi connectivity index (χ1v) is 13.7. The van der Waals surface area contributed by atoms with Crippen molar-refractivity contribution >= 4 is 29.3 Å². The number of hydrogen-bond donors (Lipinski definition) is 4. The highest BCUT2D eigenvalue weighted by atomic mass is 16.5. The summed E-state index contributed by atoms with van der Waals surface area (Å²) in [5.41, 5.74) is 2.72. The lowest BCUT2D eigenvalue weighted by molar-refractivity contribution is 0.0343. The number of aromatic nitrogens is 1. The van der Waals surface area contributed by atoms with Gasteiger partial charge in [-0.05, 0) is 57.6 Å². The number of likely N-dealkylation sites (N-methyl/N-ethyl adjacent to an activating group) is 1. The topological polar surface area (TPSA) is 157 Å². The number of carbonyl (C=O) groups excluding carboxylic acids is 2. The molecule has 0 unspecified atom stereocenters. The number of anilines is 2. The third-order valence-electron chi connectivity index (χ3n) is 7.36. The van der Waals surface area contributed by atoms with E-state index in [-0.39, 0.29) is 35.3 Å². The molecule has 3 atom stereocenters. The van der Waals surface area contributed by atoms with E-state index < -0.39 is 24.1 Å². The molecule has 0 saturated heterocycles. The van der Waals surface area contributed by atoms with Gasteiger partial charge in [-0.3, -0.25) is 9.69 Å². The van der Waals surface area contributed by atoms with Crippen LogP contribution in [0.4, 0.5) is 16.2 Å². The van der Waals surface area contributed by atoms with Crippen molar-refractivity contribution in [1.29, 1.82) is 0 Å². The van der Waals surface area contributed by atoms with Gasteiger partial charge in [0.25, 0.3) is 5.91 Å². The molecule has 0 saturated carbocycles. The highest BCUT2D eigenvalue weighted by Crippen LogP contribution is 2.35. The zero-order chi connectivity index (χ0) is 30.6. The van der Waals surface area contributed by atoms with Crippen LogP contribution in [0.15, 0.2) is 47.0 Å². The van der Waals surface area contributed by atoms with Gasteiger partial charge >= 0.3 is 12.0 Å². The molecular weight excluding hydrogens is 542 g/mol. The first-order valence-electron chi connectivity index (χ1n) is 13.7. The number of hydrogen-bond acceptors (Lipinski definition) is 8. The maximum absolute atomic E-state index is 13.7. The molecule has 0 radical (unpaired) electrons. The number of para-hydroxylation sites is 1. The van der Waals surface area contributed by atoms with Gasteiger partial charge in [0.15, 0.2) is 11.5 Å². The van der Waals surface area contributed by atoms with Crippen molar-refractivity contribution in [3.8, 4) is 5.75 Å². The van der Waals surface area contributed by atoms with Gasteiger partial charge in [0.1, 0.15) is 17.5 Å². The molecule has 0 fully saturated rings. The van der Waals surface area contributed by atoms with Crippen molar-refractivity contribution in [3.05, 3.63) is 70.6 Å². The third kappa shape index (κ3) is 6.89. The van der Waals surface area contributed by atoms with Crippen molar-refractivity contribution in [1.82, 2.24) is 15.0 Å². The number of nitrogens with zero attached hydrogens (tertiary/aromatic N) is 3. The minimum absolute atomic E-state index is 0.142. The number of fused-ring (bicyclic) bond motifs is 1. The van der Waals surface area contributed by atoms with Gasteiger partial charge in [-0.2, -0.15) is 0 Å². The number of carboxylic acids is 1. The molecule has 4 N–H and O–H groups in total. The second kappa shape index (κ2) is 13.0. The molecule has 2 aromatic carbocycles. The van der Waals surface area contributed by atoms with Crippen LogP contribution in [0.25, 0.3) is 0 Å². The Hall–Kier alpha value is -4.42. The van der Waals surface area contributed by atoms with Gasteiger partial charge in [-0.15, -0.1) is 0 Å². The van der Waals surface area contributed by atoms with Gasteiger partial charge in [-0.25, -0.2) is 9.59 Å². The van der Waals surface area contributed by atoms with Crippen LogP contribution >= 0.6 is 0 Å². The molecule has 0 spiro atoms. The Morgan fingerprint density at radius 2 is 1.88 bits per heavy atom. The molecule has 224 valence electrons. The molecule has 1 aromatic heterocycles. The fourth-order valence-corrected chi connectivity index (χ4v) is 4.92. The molecule has 12 heteroatoms. The van der Waals surface area contributed by atoms with Crippen LogP contribution in [0.3, 0.4) is 0 Å². The van der Waals surface area contributed by atoms with E-state index in [1.54, 1.807) is 68.1 Å². The molecule has 42 heavy (non-hydrogen) atoms. The summed E-state index contributed by atoms with van der Waals surface area (Å²) in [6.45, 7) is 8.33. The zero-order valence-electron chi connectivity index (χ0n) is 24.4. The predicted octanol–water partition coefficient (Wildman–Crippen LogP) is 3.99. The van der Waals surface area contributed by atoms with Crippen LogP contribution in [0.5, 0.6) is 5.75 Å². The fraction of sp³-hybridized carbons (Fsp3) is 0.400. The average molecular weight is 580 g/mol. The minimum Gasteiger partial charge on any atom is -0.486 e. The van der Waals surface area contributed by atoms with E-state index >= 15 is 0 Å². The lowest BCUT2D eigenvalue weighted by atomic mass is 9.98. The summed E-state index contributed by atoms with van der Waals surface area (Å²) in [6, 6.07) is 10.7. The van der Waals surface area contributed by atoms with Crippen LogP contribution in [0.1, 0.15) is 51.6 Å². The van der Waals surface area contributed by atoms with Crippen LogP contribution in [0, 0.1) is 19.8 Å². The van der Waals surface area contributed by atoms with E-state index in [0.717, 1.165) is 5.56 Å². The van der Waals surface area contributed by atoms with Gasteiger partial charge in [0.05, 0.1) is 29.5 Å². The monoisotopic (exact) mass is 579 g/mol. The highest BCUT2D eigenvalue weighted by molar-refractivity contribution is 6.04. The van der Waals surface area contributed by atoms with E-state index in [2.05, 4.69) is 20.7 Å². The molecule has 1 aliphatic rings.